The topological polar surface area (TPSA) is 53.1 Å². The third-order valence-corrected chi connectivity index (χ3v) is 2.36. The summed E-state index contributed by atoms with van der Waals surface area (Å²) in [7, 11) is 1.53. The Morgan fingerprint density at radius 2 is 2.00 bits per heavy atom. The standard InChI is InChI=1S/C10H10ClN3O/c1-15-10-8(11)9(12)13-14(10)7-5-3-2-4-6-7/h2-6H,1H3,(H2,12,13). The lowest BCUT2D eigenvalue weighted by molar-refractivity contribution is 0.384. The van der Waals surface area contributed by atoms with E-state index in [0.717, 1.165) is 5.69 Å². The highest BCUT2D eigenvalue weighted by atomic mass is 35.5. The van der Waals surface area contributed by atoms with Gasteiger partial charge in [-0.1, -0.05) is 29.8 Å². The van der Waals surface area contributed by atoms with E-state index in [-0.39, 0.29) is 5.82 Å². The van der Waals surface area contributed by atoms with E-state index in [2.05, 4.69) is 5.10 Å². The number of methoxy groups -OCH3 is 1. The molecule has 5 heteroatoms. The maximum Gasteiger partial charge on any atom is 0.238 e. The summed E-state index contributed by atoms with van der Waals surface area (Å²) in [5.74, 6) is 0.706. The highest BCUT2D eigenvalue weighted by Gasteiger charge is 2.15. The molecule has 1 heterocycles. The lowest BCUT2D eigenvalue weighted by atomic mass is 10.3. The highest BCUT2D eigenvalue weighted by molar-refractivity contribution is 6.34. The second-order valence-corrected chi connectivity index (χ2v) is 3.33. The Hall–Kier alpha value is -1.68. The number of nitrogens with two attached hydrogens (primary N) is 1. The Kier molecular flexibility index (Phi) is 2.51. The largest absolute Gasteiger partial charge is 0.480 e. The molecule has 4 nitrogen and oxygen atoms in total. The van der Waals surface area contributed by atoms with E-state index < -0.39 is 0 Å². The normalized spacial score (nSPS) is 10.3. The first-order chi connectivity index (χ1) is 7.24. The molecule has 0 spiro atoms. The van der Waals surface area contributed by atoms with Crippen LogP contribution in [0, 0.1) is 0 Å². The summed E-state index contributed by atoms with van der Waals surface area (Å²) in [6.45, 7) is 0. The van der Waals surface area contributed by atoms with Crippen LogP contribution < -0.4 is 10.5 Å². The Morgan fingerprint density at radius 3 is 2.60 bits per heavy atom. The number of nitrogens with zero attached hydrogens (tertiary/aromatic N) is 2. The van der Waals surface area contributed by atoms with Crippen LogP contribution in [-0.4, -0.2) is 16.9 Å². The Labute approximate surface area is 92.2 Å². The van der Waals surface area contributed by atoms with Crippen LogP contribution in [0.1, 0.15) is 0 Å². The van der Waals surface area contributed by atoms with Gasteiger partial charge in [-0.3, -0.25) is 0 Å². The van der Waals surface area contributed by atoms with Crippen LogP contribution in [0.3, 0.4) is 0 Å². The smallest absolute Gasteiger partial charge is 0.238 e. The fourth-order valence-corrected chi connectivity index (χ4v) is 1.51. The number of hydrogen-bond acceptors (Lipinski definition) is 3. The van der Waals surface area contributed by atoms with Crippen LogP contribution in [0.15, 0.2) is 30.3 Å². The molecule has 0 aliphatic heterocycles. The predicted molar refractivity (Wildman–Crippen MR) is 59.5 cm³/mol. The van der Waals surface area contributed by atoms with Crippen LogP contribution in [0.25, 0.3) is 5.69 Å². The molecule has 0 radical (unpaired) electrons. The molecule has 0 fully saturated rings. The van der Waals surface area contributed by atoms with E-state index in [1.807, 2.05) is 30.3 Å². The van der Waals surface area contributed by atoms with E-state index in [4.69, 9.17) is 22.1 Å². The minimum atomic E-state index is 0.261. The average molecular weight is 224 g/mol. The fraction of sp³-hybridized carbons (Fsp3) is 0.100. The molecule has 2 rings (SSSR count). The molecule has 1 aromatic carbocycles. The fourth-order valence-electron chi connectivity index (χ4n) is 1.32. The summed E-state index contributed by atoms with van der Waals surface area (Å²) >= 11 is 5.93. The van der Waals surface area contributed by atoms with Crippen LogP contribution in [0.2, 0.25) is 5.02 Å². The summed E-state index contributed by atoms with van der Waals surface area (Å²) < 4.78 is 6.71. The molecule has 78 valence electrons. The molecule has 1 aromatic heterocycles. The summed E-state index contributed by atoms with van der Waals surface area (Å²) in [5, 5.41) is 4.42. The second kappa shape index (κ2) is 3.82. The molecular weight excluding hydrogens is 214 g/mol. The van der Waals surface area contributed by atoms with Crippen molar-refractivity contribution in [2.24, 2.45) is 0 Å². The van der Waals surface area contributed by atoms with Gasteiger partial charge < -0.3 is 10.5 Å². The molecule has 15 heavy (non-hydrogen) atoms. The van der Waals surface area contributed by atoms with Gasteiger partial charge in [-0.25, -0.2) is 0 Å². The van der Waals surface area contributed by atoms with Gasteiger partial charge in [0.25, 0.3) is 0 Å². The zero-order valence-electron chi connectivity index (χ0n) is 8.14. The lowest BCUT2D eigenvalue weighted by Crippen LogP contribution is -1.99. The van der Waals surface area contributed by atoms with Crippen LogP contribution in [0.4, 0.5) is 5.82 Å². The number of benzene rings is 1. The van der Waals surface area contributed by atoms with Crippen molar-refractivity contribution >= 4 is 17.4 Å². The number of ether oxygens (including phenoxy) is 1. The molecular formula is C10H10ClN3O. The van der Waals surface area contributed by atoms with Crippen molar-refractivity contribution in [1.29, 1.82) is 0 Å². The summed E-state index contributed by atoms with van der Waals surface area (Å²) in [6.07, 6.45) is 0. The first-order valence-electron chi connectivity index (χ1n) is 4.37. The Balaban J connectivity index is 2.58. The quantitative estimate of drug-likeness (QED) is 0.849. The van der Waals surface area contributed by atoms with Gasteiger partial charge in [-0.2, -0.15) is 4.68 Å². The molecule has 0 atom stereocenters. The lowest BCUT2D eigenvalue weighted by Gasteiger charge is -2.05. The molecule has 0 aliphatic carbocycles. The van der Waals surface area contributed by atoms with Crippen molar-refractivity contribution in [3.63, 3.8) is 0 Å². The van der Waals surface area contributed by atoms with E-state index in [9.17, 15) is 0 Å². The van der Waals surface area contributed by atoms with E-state index >= 15 is 0 Å². The molecule has 2 aromatic rings. The summed E-state index contributed by atoms with van der Waals surface area (Å²) in [6, 6.07) is 9.52. The van der Waals surface area contributed by atoms with Gasteiger partial charge in [-0.15, -0.1) is 5.10 Å². The van der Waals surface area contributed by atoms with Crippen molar-refractivity contribution in [2.45, 2.75) is 0 Å². The number of para-hydroxylation sites is 1. The van der Waals surface area contributed by atoms with Crippen LogP contribution in [-0.2, 0) is 0 Å². The average Bonchev–Trinajstić information content (AvgIpc) is 2.56. The van der Waals surface area contributed by atoms with Crippen LogP contribution >= 0.6 is 11.6 Å². The SMILES string of the molecule is COc1c(Cl)c(N)nn1-c1ccccc1. The monoisotopic (exact) mass is 223 g/mol. The predicted octanol–water partition coefficient (Wildman–Crippen LogP) is 2.12. The number of nitrogen functional groups attached to an aromatic ring is 1. The van der Waals surface area contributed by atoms with Gasteiger partial charge in [0.15, 0.2) is 5.82 Å². The number of hydrogen-bond donors (Lipinski definition) is 1. The Bertz CT molecular complexity index is 467. The van der Waals surface area contributed by atoms with Crippen molar-refractivity contribution in [3.05, 3.63) is 35.4 Å². The number of anilines is 1. The molecule has 0 saturated heterocycles. The zero-order valence-corrected chi connectivity index (χ0v) is 8.90. The van der Waals surface area contributed by atoms with Gasteiger partial charge in [0.1, 0.15) is 5.02 Å². The van der Waals surface area contributed by atoms with Crippen molar-refractivity contribution in [1.82, 2.24) is 9.78 Å². The number of rotatable bonds is 2. The first kappa shape index (κ1) is 9.86. The Morgan fingerprint density at radius 1 is 1.33 bits per heavy atom. The maximum atomic E-state index is 5.93. The zero-order chi connectivity index (χ0) is 10.8. The number of halogens is 1. The maximum absolute atomic E-state index is 5.93. The molecule has 0 saturated carbocycles. The highest BCUT2D eigenvalue weighted by Crippen LogP contribution is 2.31. The summed E-state index contributed by atoms with van der Waals surface area (Å²) in [4.78, 5) is 0. The van der Waals surface area contributed by atoms with Gasteiger partial charge in [0.2, 0.25) is 5.88 Å². The molecule has 0 amide bonds. The van der Waals surface area contributed by atoms with Gasteiger partial charge in [0, 0.05) is 0 Å². The van der Waals surface area contributed by atoms with Crippen LogP contribution in [0.5, 0.6) is 5.88 Å². The molecule has 0 aliphatic rings. The van der Waals surface area contributed by atoms with Crippen molar-refractivity contribution in [3.8, 4) is 11.6 Å². The molecule has 2 N–H and O–H groups in total. The van der Waals surface area contributed by atoms with Crippen molar-refractivity contribution in [2.75, 3.05) is 12.8 Å². The number of aromatic nitrogens is 2. The van der Waals surface area contributed by atoms with E-state index in [1.165, 1.54) is 7.11 Å². The van der Waals surface area contributed by atoms with Gasteiger partial charge in [-0.05, 0) is 12.1 Å². The third-order valence-electron chi connectivity index (χ3n) is 2.01. The summed E-state index contributed by atoms with van der Waals surface area (Å²) in [5.41, 5.74) is 6.47. The molecule has 0 unspecified atom stereocenters. The van der Waals surface area contributed by atoms with Gasteiger partial charge in [0.05, 0.1) is 12.8 Å². The molecule has 0 bridgehead atoms. The first-order valence-corrected chi connectivity index (χ1v) is 4.75. The second-order valence-electron chi connectivity index (χ2n) is 2.96. The minimum Gasteiger partial charge on any atom is -0.480 e. The van der Waals surface area contributed by atoms with Gasteiger partial charge >= 0.3 is 0 Å². The van der Waals surface area contributed by atoms with E-state index in [1.54, 1.807) is 4.68 Å². The van der Waals surface area contributed by atoms with E-state index in [0.29, 0.717) is 10.9 Å². The minimum absolute atomic E-state index is 0.261. The van der Waals surface area contributed by atoms with Crippen molar-refractivity contribution < 1.29 is 4.74 Å². The third kappa shape index (κ3) is 1.64.